The van der Waals surface area contributed by atoms with E-state index in [9.17, 15) is 4.79 Å². The summed E-state index contributed by atoms with van der Waals surface area (Å²) >= 11 is 0. The Bertz CT molecular complexity index is 494. The van der Waals surface area contributed by atoms with E-state index >= 15 is 0 Å². The highest BCUT2D eigenvalue weighted by atomic mass is 16.5. The first-order valence-corrected chi connectivity index (χ1v) is 6.21. The van der Waals surface area contributed by atoms with Crippen molar-refractivity contribution in [3.05, 3.63) is 35.4 Å². The molecule has 0 fully saturated rings. The number of methoxy groups -OCH3 is 1. The Morgan fingerprint density at radius 1 is 1.32 bits per heavy atom. The number of nitriles is 1. The number of hydrogen-bond donors (Lipinski definition) is 0. The lowest BCUT2D eigenvalue weighted by molar-refractivity contribution is -0.135. The van der Waals surface area contributed by atoms with Crippen LogP contribution in [0.15, 0.2) is 29.8 Å². The summed E-state index contributed by atoms with van der Waals surface area (Å²) in [6.45, 7) is 6.08. The van der Waals surface area contributed by atoms with E-state index in [2.05, 4.69) is 23.5 Å². The smallest absolute Gasteiger partial charge is 0.348 e. The Balaban J connectivity index is 2.96. The average molecular weight is 258 g/mol. The summed E-state index contributed by atoms with van der Waals surface area (Å²) < 4.78 is 4.53. The first kappa shape index (κ1) is 14.8. The molecule has 0 spiro atoms. The van der Waals surface area contributed by atoms with E-state index in [1.54, 1.807) is 0 Å². The molecule has 100 valence electrons. The summed E-state index contributed by atoms with van der Waals surface area (Å²) in [5.74, 6) is -0.615. The molecule has 1 aromatic rings. The molecule has 0 aliphatic heterocycles. The first-order valence-electron chi connectivity index (χ1n) is 6.21. The molecular weight excluding hydrogens is 240 g/mol. The van der Waals surface area contributed by atoms with Gasteiger partial charge in [-0.15, -0.1) is 0 Å². The third-order valence-corrected chi connectivity index (χ3v) is 2.86. The summed E-state index contributed by atoms with van der Waals surface area (Å²) in [5.41, 5.74) is 1.93. The van der Waals surface area contributed by atoms with Crippen molar-refractivity contribution in [1.29, 1.82) is 5.26 Å². The van der Waals surface area contributed by atoms with E-state index in [1.807, 2.05) is 30.3 Å². The second kappa shape index (κ2) is 7.22. The molecule has 0 saturated heterocycles. The molecular formula is C15H18N2O2. The maximum absolute atomic E-state index is 11.3. The molecule has 1 aromatic carbocycles. The molecule has 0 bridgehead atoms. The van der Waals surface area contributed by atoms with Gasteiger partial charge in [-0.3, -0.25) is 0 Å². The number of carbonyl (C=O) groups excluding carboxylic acids is 1. The minimum absolute atomic E-state index is 0.00177. The highest BCUT2D eigenvalue weighted by Gasteiger charge is 2.08. The monoisotopic (exact) mass is 258 g/mol. The maximum atomic E-state index is 11.3. The highest BCUT2D eigenvalue weighted by Crippen LogP contribution is 2.16. The van der Waals surface area contributed by atoms with Crippen LogP contribution in [0.25, 0.3) is 6.08 Å². The van der Waals surface area contributed by atoms with Crippen molar-refractivity contribution in [2.45, 2.75) is 13.8 Å². The second-order valence-electron chi connectivity index (χ2n) is 3.93. The molecule has 0 aromatic heterocycles. The van der Waals surface area contributed by atoms with E-state index in [1.165, 1.54) is 13.2 Å². The molecule has 0 aliphatic carbocycles. The number of benzene rings is 1. The first-order chi connectivity index (χ1) is 9.15. The molecule has 0 amide bonds. The predicted molar refractivity (Wildman–Crippen MR) is 75.6 cm³/mol. The Hall–Kier alpha value is -2.28. The summed E-state index contributed by atoms with van der Waals surface area (Å²) in [6, 6.07) is 9.56. The SMILES string of the molecule is CCN(CC)c1ccc(/C=C(/C#N)C(=O)OC)cc1. The fraction of sp³-hybridized carbons (Fsp3) is 0.333. The van der Waals surface area contributed by atoms with Gasteiger partial charge in [0.2, 0.25) is 0 Å². The van der Waals surface area contributed by atoms with Crippen LogP contribution in [0.1, 0.15) is 19.4 Å². The van der Waals surface area contributed by atoms with E-state index in [4.69, 9.17) is 5.26 Å². The van der Waals surface area contributed by atoms with Crippen LogP contribution < -0.4 is 4.90 Å². The normalized spacial score (nSPS) is 10.7. The van der Waals surface area contributed by atoms with Gasteiger partial charge in [-0.1, -0.05) is 12.1 Å². The maximum Gasteiger partial charge on any atom is 0.348 e. The minimum Gasteiger partial charge on any atom is -0.465 e. The number of esters is 1. The van der Waals surface area contributed by atoms with E-state index in [0.29, 0.717) is 0 Å². The van der Waals surface area contributed by atoms with E-state index in [0.717, 1.165) is 24.3 Å². The van der Waals surface area contributed by atoms with Gasteiger partial charge in [0.1, 0.15) is 11.6 Å². The molecule has 0 atom stereocenters. The second-order valence-corrected chi connectivity index (χ2v) is 3.93. The number of ether oxygens (including phenoxy) is 1. The molecule has 0 N–H and O–H groups in total. The topological polar surface area (TPSA) is 53.3 Å². The molecule has 4 nitrogen and oxygen atoms in total. The van der Waals surface area contributed by atoms with Crippen molar-refractivity contribution in [1.82, 2.24) is 0 Å². The zero-order chi connectivity index (χ0) is 14.3. The fourth-order valence-corrected chi connectivity index (χ4v) is 1.78. The number of anilines is 1. The molecule has 0 aliphatic rings. The van der Waals surface area contributed by atoms with Gasteiger partial charge in [0.15, 0.2) is 0 Å². The number of carbonyl (C=O) groups is 1. The van der Waals surface area contributed by atoms with Gasteiger partial charge in [-0.25, -0.2) is 4.79 Å². The third-order valence-electron chi connectivity index (χ3n) is 2.86. The summed E-state index contributed by atoms with van der Waals surface area (Å²) in [6.07, 6.45) is 1.53. The third kappa shape index (κ3) is 3.85. The lowest BCUT2D eigenvalue weighted by Gasteiger charge is -2.20. The summed E-state index contributed by atoms with van der Waals surface area (Å²) in [4.78, 5) is 13.5. The van der Waals surface area contributed by atoms with E-state index in [-0.39, 0.29) is 5.57 Å². The van der Waals surface area contributed by atoms with Gasteiger partial charge in [0.05, 0.1) is 7.11 Å². The average Bonchev–Trinajstić information content (AvgIpc) is 2.46. The van der Waals surface area contributed by atoms with Gasteiger partial charge >= 0.3 is 5.97 Å². The van der Waals surface area contributed by atoms with Gasteiger partial charge in [-0.05, 0) is 37.6 Å². The van der Waals surface area contributed by atoms with Crippen molar-refractivity contribution in [3.63, 3.8) is 0 Å². The molecule has 4 heteroatoms. The van der Waals surface area contributed by atoms with Crippen molar-refractivity contribution in [3.8, 4) is 6.07 Å². The van der Waals surface area contributed by atoms with Gasteiger partial charge in [0.25, 0.3) is 0 Å². The van der Waals surface area contributed by atoms with Crippen LogP contribution >= 0.6 is 0 Å². The Morgan fingerprint density at radius 3 is 2.32 bits per heavy atom. The molecule has 0 unspecified atom stereocenters. The standard InChI is InChI=1S/C15H18N2O2/c1-4-17(5-2)14-8-6-12(7-9-14)10-13(11-16)15(18)19-3/h6-10H,4-5H2,1-3H3/b13-10-. The number of hydrogen-bond acceptors (Lipinski definition) is 4. The zero-order valence-corrected chi connectivity index (χ0v) is 11.5. The van der Waals surface area contributed by atoms with Gasteiger partial charge in [-0.2, -0.15) is 5.26 Å². The van der Waals surface area contributed by atoms with Crippen LogP contribution in [-0.2, 0) is 9.53 Å². The molecule has 0 heterocycles. The van der Waals surface area contributed by atoms with Crippen LogP contribution in [0.4, 0.5) is 5.69 Å². The van der Waals surface area contributed by atoms with Crippen molar-refractivity contribution in [2.24, 2.45) is 0 Å². The van der Waals surface area contributed by atoms with Gasteiger partial charge in [0, 0.05) is 18.8 Å². The molecule has 1 rings (SSSR count). The van der Waals surface area contributed by atoms with Gasteiger partial charge < -0.3 is 9.64 Å². The Labute approximate surface area is 113 Å². The van der Waals surface area contributed by atoms with E-state index < -0.39 is 5.97 Å². The predicted octanol–water partition coefficient (Wildman–Crippen LogP) is 2.61. The van der Waals surface area contributed by atoms with Crippen molar-refractivity contribution < 1.29 is 9.53 Å². The summed E-state index contributed by atoms with van der Waals surface area (Å²) in [7, 11) is 1.26. The fourth-order valence-electron chi connectivity index (χ4n) is 1.78. The quantitative estimate of drug-likeness (QED) is 0.463. The lowest BCUT2D eigenvalue weighted by atomic mass is 10.1. The van der Waals surface area contributed by atoms with Crippen LogP contribution in [0.5, 0.6) is 0 Å². The number of nitrogens with zero attached hydrogens (tertiary/aromatic N) is 2. The largest absolute Gasteiger partial charge is 0.465 e. The highest BCUT2D eigenvalue weighted by molar-refractivity contribution is 5.97. The molecule has 19 heavy (non-hydrogen) atoms. The van der Waals surface area contributed by atoms with Crippen molar-refractivity contribution >= 4 is 17.7 Å². The van der Waals surface area contributed by atoms with Crippen molar-refractivity contribution in [2.75, 3.05) is 25.1 Å². The van der Waals surface area contributed by atoms with Crippen LogP contribution in [0.2, 0.25) is 0 Å². The minimum atomic E-state index is -0.615. The zero-order valence-electron chi connectivity index (χ0n) is 11.5. The van der Waals surface area contributed by atoms with Crippen LogP contribution in [0, 0.1) is 11.3 Å². The Kier molecular flexibility index (Phi) is 5.62. The molecule has 0 saturated carbocycles. The number of rotatable bonds is 5. The Morgan fingerprint density at radius 2 is 1.89 bits per heavy atom. The van der Waals surface area contributed by atoms with Crippen LogP contribution in [0.3, 0.4) is 0 Å². The van der Waals surface area contributed by atoms with Crippen LogP contribution in [-0.4, -0.2) is 26.2 Å². The summed E-state index contributed by atoms with van der Waals surface area (Å²) in [5, 5.41) is 8.88. The molecule has 0 radical (unpaired) electrons. The lowest BCUT2D eigenvalue weighted by Crippen LogP contribution is -2.21.